The van der Waals surface area contributed by atoms with Gasteiger partial charge in [-0.25, -0.2) is 0 Å². The monoisotopic (exact) mass is 462 g/mol. The number of methoxy groups -OCH3 is 2. The maximum absolute atomic E-state index is 6.22. The molecule has 2 aliphatic heterocycles. The summed E-state index contributed by atoms with van der Waals surface area (Å²) in [6.45, 7) is 3.64. The highest BCUT2D eigenvalue weighted by atomic mass is 16.6. The summed E-state index contributed by atoms with van der Waals surface area (Å²) in [5, 5.41) is 0. The van der Waals surface area contributed by atoms with E-state index in [0.717, 1.165) is 58.1 Å². The number of benzene rings is 2. The summed E-state index contributed by atoms with van der Waals surface area (Å²) in [6.07, 6.45) is 0.794. The Morgan fingerprint density at radius 3 is 2.68 bits per heavy atom. The molecule has 1 atom stereocenters. The van der Waals surface area contributed by atoms with E-state index in [9.17, 15) is 0 Å². The Labute approximate surface area is 199 Å². The number of ether oxygens (including phenoxy) is 5. The number of pyridine rings is 1. The summed E-state index contributed by atoms with van der Waals surface area (Å²) in [7, 11) is 3.35. The molecule has 0 N–H and O–H groups in total. The van der Waals surface area contributed by atoms with E-state index < -0.39 is 0 Å². The second kappa shape index (κ2) is 10.3. The number of nitrogens with zero attached hydrogens (tertiary/aromatic N) is 2. The molecule has 2 aliphatic rings. The van der Waals surface area contributed by atoms with Crippen molar-refractivity contribution < 1.29 is 23.7 Å². The minimum Gasteiger partial charge on any atom is -0.493 e. The molecule has 0 amide bonds. The van der Waals surface area contributed by atoms with Crippen LogP contribution in [0.3, 0.4) is 0 Å². The lowest BCUT2D eigenvalue weighted by atomic mass is 9.95. The predicted octanol–water partition coefficient (Wildman–Crippen LogP) is 3.62. The lowest BCUT2D eigenvalue weighted by Gasteiger charge is -2.26. The van der Waals surface area contributed by atoms with Crippen molar-refractivity contribution in [3.8, 4) is 28.5 Å². The van der Waals surface area contributed by atoms with Gasteiger partial charge in [0.1, 0.15) is 23.9 Å². The SMILES string of the molecule is COc1ccc2c(c1OC)CCn1c-2cc(OCc2ccccc2)cc1=NCC1COCCO1. The Bertz CT molecular complexity index is 1200. The van der Waals surface area contributed by atoms with Crippen LogP contribution in [-0.4, -0.2) is 51.3 Å². The molecule has 2 aromatic carbocycles. The zero-order chi connectivity index (χ0) is 23.3. The molecule has 1 saturated heterocycles. The predicted molar refractivity (Wildman–Crippen MR) is 128 cm³/mol. The summed E-state index contributed by atoms with van der Waals surface area (Å²) >= 11 is 0. The first-order valence-electron chi connectivity index (χ1n) is 11.6. The standard InChI is InChI=1S/C27H30N2O5/c1-30-25-9-8-22-23(27(25)31-2)10-11-29-24(22)14-20(34-17-19-6-4-3-5-7-19)15-26(29)28-16-21-18-32-12-13-33-21/h3-9,14-15,21H,10-13,16-18H2,1-2H3. The van der Waals surface area contributed by atoms with Gasteiger partial charge in [0, 0.05) is 29.8 Å². The van der Waals surface area contributed by atoms with Gasteiger partial charge in [0.2, 0.25) is 0 Å². The lowest BCUT2D eigenvalue weighted by molar-refractivity contribution is -0.0835. The fourth-order valence-corrected chi connectivity index (χ4v) is 4.54. The van der Waals surface area contributed by atoms with Gasteiger partial charge < -0.3 is 28.3 Å². The molecule has 7 heteroatoms. The molecule has 0 radical (unpaired) electrons. The maximum atomic E-state index is 6.22. The molecule has 1 fully saturated rings. The first-order chi connectivity index (χ1) is 16.8. The third-order valence-electron chi connectivity index (χ3n) is 6.22. The fourth-order valence-electron chi connectivity index (χ4n) is 4.54. The van der Waals surface area contributed by atoms with Gasteiger partial charge >= 0.3 is 0 Å². The van der Waals surface area contributed by atoms with Crippen LogP contribution in [-0.2, 0) is 29.0 Å². The van der Waals surface area contributed by atoms with Gasteiger partial charge in [-0.05, 0) is 24.1 Å². The molecule has 1 aromatic heterocycles. The molecule has 1 unspecified atom stereocenters. The number of rotatable bonds is 7. The van der Waals surface area contributed by atoms with E-state index in [0.29, 0.717) is 33.0 Å². The summed E-state index contributed by atoms with van der Waals surface area (Å²) in [6, 6.07) is 18.3. The van der Waals surface area contributed by atoms with Gasteiger partial charge in [-0.2, -0.15) is 0 Å². The highest BCUT2D eigenvalue weighted by Crippen LogP contribution is 2.41. The van der Waals surface area contributed by atoms with Crippen LogP contribution >= 0.6 is 0 Å². The molecule has 34 heavy (non-hydrogen) atoms. The second-order valence-corrected chi connectivity index (χ2v) is 8.35. The minimum absolute atomic E-state index is 0.0286. The van der Waals surface area contributed by atoms with E-state index in [1.165, 1.54) is 0 Å². The fraction of sp³-hybridized carbons (Fsp3) is 0.370. The summed E-state index contributed by atoms with van der Waals surface area (Å²) < 4.78 is 31.1. The molecule has 7 nitrogen and oxygen atoms in total. The number of fused-ring (bicyclic) bond motifs is 3. The molecule has 0 spiro atoms. The van der Waals surface area contributed by atoms with E-state index >= 15 is 0 Å². The average molecular weight is 463 g/mol. The van der Waals surface area contributed by atoms with Gasteiger partial charge in [-0.1, -0.05) is 30.3 Å². The van der Waals surface area contributed by atoms with E-state index in [1.807, 2.05) is 30.3 Å². The Morgan fingerprint density at radius 2 is 1.91 bits per heavy atom. The third-order valence-corrected chi connectivity index (χ3v) is 6.22. The number of hydrogen-bond acceptors (Lipinski definition) is 6. The van der Waals surface area contributed by atoms with Gasteiger partial charge in [-0.3, -0.25) is 4.99 Å². The van der Waals surface area contributed by atoms with Crippen molar-refractivity contribution in [2.75, 3.05) is 40.6 Å². The van der Waals surface area contributed by atoms with Crippen LogP contribution in [0.25, 0.3) is 11.3 Å². The van der Waals surface area contributed by atoms with E-state index in [4.69, 9.17) is 28.7 Å². The van der Waals surface area contributed by atoms with E-state index in [-0.39, 0.29) is 6.10 Å². The van der Waals surface area contributed by atoms with Gasteiger partial charge in [0.05, 0.1) is 46.3 Å². The third kappa shape index (κ3) is 4.67. The zero-order valence-electron chi connectivity index (χ0n) is 19.7. The molecular formula is C27H30N2O5. The van der Waals surface area contributed by atoms with Gasteiger partial charge in [0.15, 0.2) is 11.5 Å². The Morgan fingerprint density at radius 1 is 1.03 bits per heavy atom. The highest BCUT2D eigenvalue weighted by Gasteiger charge is 2.23. The molecule has 5 rings (SSSR count). The van der Waals surface area contributed by atoms with Crippen LogP contribution in [0.4, 0.5) is 0 Å². The summed E-state index contributed by atoms with van der Waals surface area (Å²) in [5.41, 5.74) is 5.27. The van der Waals surface area contributed by atoms with Crippen LogP contribution in [0.15, 0.2) is 59.6 Å². The van der Waals surface area contributed by atoms with Crippen molar-refractivity contribution >= 4 is 0 Å². The molecule has 0 aliphatic carbocycles. The van der Waals surface area contributed by atoms with Gasteiger partial charge in [0.25, 0.3) is 0 Å². The highest BCUT2D eigenvalue weighted by molar-refractivity contribution is 5.72. The molecule has 0 saturated carbocycles. The smallest absolute Gasteiger partial charge is 0.164 e. The van der Waals surface area contributed by atoms with Crippen LogP contribution in [0.2, 0.25) is 0 Å². The van der Waals surface area contributed by atoms with Crippen molar-refractivity contribution in [2.45, 2.75) is 25.7 Å². The Hall–Kier alpha value is -3.29. The van der Waals surface area contributed by atoms with Crippen LogP contribution in [0.1, 0.15) is 11.1 Å². The van der Waals surface area contributed by atoms with Crippen molar-refractivity contribution in [1.29, 1.82) is 0 Å². The Kier molecular flexibility index (Phi) is 6.83. The average Bonchev–Trinajstić information content (AvgIpc) is 2.90. The first kappa shape index (κ1) is 22.5. The quantitative estimate of drug-likeness (QED) is 0.537. The van der Waals surface area contributed by atoms with Crippen LogP contribution in [0.5, 0.6) is 17.2 Å². The largest absolute Gasteiger partial charge is 0.493 e. The second-order valence-electron chi connectivity index (χ2n) is 8.35. The van der Waals surface area contributed by atoms with Crippen molar-refractivity contribution in [1.82, 2.24) is 4.57 Å². The number of hydrogen-bond donors (Lipinski definition) is 0. The topological polar surface area (TPSA) is 63.4 Å². The van der Waals surface area contributed by atoms with E-state index in [1.54, 1.807) is 14.2 Å². The van der Waals surface area contributed by atoms with Crippen LogP contribution in [0, 0.1) is 0 Å². The molecule has 3 aromatic rings. The summed E-state index contributed by atoms with van der Waals surface area (Å²) in [5.74, 6) is 2.30. The Balaban J connectivity index is 1.55. The lowest BCUT2D eigenvalue weighted by Crippen LogP contribution is -2.33. The maximum Gasteiger partial charge on any atom is 0.164 e. The van der Waals surface area contributed by atoms with Crippen molar-refractivity contribution in [3.05, 3.63) is 71.2 Å². The molecule has 178 valence electrons. The van der Waals surface area contributed by atoms with Gasteiger partial charge in [-0.15, -0.1) is 0 Å². The minimum atomic E-state index is -0.0286. The van der Waals surface area contributed by atoms with Crippen LogP contribution < -0.4 is 19.7 Å². The number of aromatic nitrogens is 1. The molecule has 3 heterocycles. The van der Waals surface area contributed by atoms with E-state index in [2.05, 4.69) is 28.8 Å². The molecule has 0 bridgehead atoms. The molecular weight excluding hydrogens is 432 g/mol. The first-order valence-corrected chi connectivity index (χ1v) is 11.6. The normalized spacial score (nSPS) is 17.6. The zero-order valence-corrected chi connectivity index (χ0v) is 19.7. The van der Waals surface area contributed by atoms with Crippen molar-refractivity contribution in [3.63, 3.8) is 0 Å². The summed E-state index contributed by atoms with van der Waals surface area (Å²) in [4.78, 5) is 4.93. The van der Waals surface area contributed by atoms with Crippen molar-refractivity contribution in [2.24, 2.45) is 4.99 Å².